The van der Waals surface area contributed by atoms with Crippen LogP contribution >= 0.6 is 11.6 Å². The smallest absolute Gasteiger partial charge is 0.262 e. The van der Waals surface area contributed by atoms with Gasteiger partial charge in [0.1, 0.15) is 12.4 Å². The van der Waals surface area contributed by atoms with Crippen LogP contribution in [-0.4, -0.2) is 27.5 Å². The minimum Gasteiger partial charge on any atom is -0.492 e. The van der Waals surface area contributed by atoms with Crippen LogP contribution in [0.1, 0.15) is 27.0 Å². The van der Waals surface area contributed by atoms with Gasteiger partial charge in [-0.25, -0.2) is 8.42 Å². The van der Waals surface area contributed by atoms with Crippen LogP contribution in [0, 0.1) is 20.8 Å². The van der Waals surface area contributed by atoms with Crippen LogP contribution < -0.4 is 14.8 Å². The second kappa shape index (κ2) is 10.1. The van der Waals surface area contributed by atoms with Crippen molar-refractivity contribution in [2.75, 3.05) is 17.9 Å². The Morgan fingerprint density at radius 2 is 1.59 bits per heavy atom. The highest BCUT2D eigenvalue weighted by Gasteiger charge is 2.19. The van der Waals surface area contributed by atoms with Gasteiger partial charge in [0.25, 0.3) is 15.9 Å². The third-order valence-corrected chi connectivity index (χ3v) is 6.46. The number of amides is 1. The van der Waals surface area contributed by atoms with E-state index in [1.807, 2.05) is 19.9 Å². The van der Waals surface area contributed by atoms with Gasteiger partial charge in [0.05, 0.1) is 11.4 Å². The lowest BCUT2D eigenvalue weighted by molar-refractivity contribution is 0.0947. The molecule has 0 fully saturated rings. The zero-order chi connectivity index (χ0) is 23.3. The Kier molecular flexibility index (Phi) is 7.43. The van der Waals surface area contributed by atoms with E-state index in [9.17, 15) is 13.2 Å². The third-order valence-electron chi connectivity index (χ3n) is 4.68. The van der Waals surface area contributed by atoms with Crippen LogP contribution in [-0.2, 0) is 10.0 Å². The van der Waals surface area contributed by atoms with Crippen molar-refractivity contribution in [1.29, 1.82) is 0 Å². The van der Waals surface area contributed by atoms with Crippen LogP contribution in [0.4, 0.5) is 5.69 Å². The largest absolute Gasteiger partial charge is 0.492 e. The van der Waals surface area contributed by atoms with E-state index in [4.69, 9.17) is 16.3 Å². The zero-order valence-corrected chi connectivity index (χ0v) is 19.7. The average Bonchev–Trinajstić information content (AvgIpc) is 2.71. The van der Waals surface area contributed by atoms with Crippen molar-refractivity contribution in [3.8, 4) is 5.75 Å². The maximum absolute atomic E-state index is 13.0. The van der Waals surface area contributed by atoms with Gasteiger partial charge in [0.2, 0.25) is 0 Å². The third kappa shape index (κ3) is 6.24. The number of hydrogen-bond donors (Lipinski definition) is 2. The average molecular weight is 473 g/mol. The second-order valence-corrected chi connectivity index (χ2v) is 9.61. The molecule has 0 aliphatic rings. The number of carbonyl (C=O) groups excluding carboxylic acids is 1. The van der Waals surface area contributed by atoms with E-state index in [1.54, 1.807) is 55.5 Å². The molecule has 2 N–H and O–H groups in total. The highest BCUT2D eigenvalue weighted by atomic mass is 35.5. The minimum atomic E-state index is -3.86. The molecule has 0 atom stereocenters. The lowest BCUT2D eigenvalue weighted by Gasteiger charge is -2.13. The molecule has 0 heterocycles. The predicted octanol–water partition coefficient (Wildman–Crippen LogP) is 4.87. The Labute approximate surface area is 193 Å². The molecule has 8 heteroatoms. The fourth-order valence-electron chi connectivity index (χ4n) is 3.24. The van der Waals surface area contributed by atoms with Crippen molar-refractivity contribution in [3.63, 3.8) is 0 Å². The van der Waals surface area contributed by atoms with Crippen LogP contribution in [0.2, 0.25) is 5.02 Å². The van der Waals surface area contributed by atoms with Gasteiger partial charge in [-0.05, 0) is 86.0 Å². The molecule has 6 nitrogen and oxygen atoms in total. The predicted molar refractivity (Wildman–Crippen MR) is 127 cm³/mol. The molecule has 0 unspecified atom stereocenters. The Balaban J connectivity index is 1.67. The number of halogens is 1. The lowest BCUT2D eigenvalue weighted by Crippen LogP contribution is -2.28. The van der Waals surface area contributed by atoms with E-state index in [0.717, 1.165) is 11.1 Å². The summed E-state index contributed by atoms with van der Waals surface area (Å²) in [6.45, 7) is 6.02. The van der Waals surface area contributed by atoms with E-state index in [-0.39, 0.29) is 29.5 Å². The van der Waals surface area contributed by atoms with E-state index in [1.165, 1.54) is 6.07 Å². The Morgan fingerprint density at radius 1 is 0.938 bits per heavy atom. The monoisotopic (exact) mass is 472 g/mol. The van der Waals surface area contributed by atoms with Crippen LogP contribution in [0.25, 0.3) is 0 Å². The summed E-state index contributed by atoms with van der Waals surface area (Å²) in [7, 11) is -3.86. The van der Waals surface area contributed by atoms with Crippen molar-refractivity contribution in [1.82, 2.24) is 5.32 Å². The molecule has 0 aliphatic carbocycles. The van der Waals surface area contributed by atoms with Crippen molar-refractivity contribution >= 4 is 33.2 Å². The molecule has 0 spiro atoms. The molecule has 1 amide bonds. The highest BCUT2D eigenvalue weighted by Crippen LogP contribution is 2.22. The summed E-state index contributed by atoms with van der Waals surface area (Å²) in [5.74, 6) is 0.261. The summed E-state index contributed by atoms with van der Waals surface area (Å²) in [6.07, 6.45) is 0. The topological polar surface area (TPSA) is 84.5 Å². The number of benzene rings is 3. The number of carbonyl (C=O) groups is 1. The zero-order valence-electron chi connectivity index (χ0n) is 18.1. The van der Waals surface area contributed by atoms with Crippen molar-refractivity contribution in [3.05, 3.63) is 87.9 Å². The fourth-order valence-corrected chi connectivity index (χ4v) is 4.68. The molecule has 0 saturated carbocycles. The molecule has 168 valence electrons. The lowest BCUT2D eigenvalue weighted by atomic mass is 10.1. The molecule has 0 bridgehead atoms. The molecule has 3 aromatic rings. The van der Waals surface area contributed by atoms with Gasteiger partial charge in [-0.15, -0.1) is 0 Å². The molecule has 0 aromatic heterocycles. The molecule has 0 radical (unpaired) electrons. The maximum atomic E-state index is 13.0. The molecule has 0 aliphatic heterocycles. The number of aryl methyl sites for hydroxylation is 3. The van der Waals surface area contributed by atoms with E-state index in [0.29, 0.717) is 22.0 Å². The Bertz CT molecular complexity index is 1200. The first kappa shape index (κ1) is 23.6. The molecular weight excluding hydrogens is 448 g/mol. The number of rotatable bonds is 8. The molecule has 32 heavy (non-hydrogen) atoms. The number of nitrogens with one attached hydrogen (secondary N) is 2. The Morgan fingerprint density at radius 3 is 2.25 bits per heavy atom. The number of hydrogen-bond acceptors (Lipinski definition) is 4. The Hall–Kier alpha value is -3.03. The van der Waals surface area contributed by atoms with E-state index >= 15 is 0 Å². The summed E-state index contributed by atoms with van der Waals surface area (Å²) in [5, 5.41) is 3.35. The SMILES string of the molecule is Cc1cc(C)cc(NS(=O)(=O)c2cc(C(=O)NCCOc3ccc(Cl)cc3)ccc2C)c1. The van der Waals surface area contributed by atoms with E-state index < -0.39 is 10.0 Å². The van der Waals surface area contributed by atoms with Gasteiger partial charge in [0, 0.05) is 16.3 Å². The summed E-state index contributed by atoms with van der Waals surface area (Å²) >= 11 is 5.84. The van der Waals surface area contributed by atoms with Crippen molar-refractivity contribution in [2.45, 2.75) is 25.7 Å². The van der Waals surface area contributed by atoms with Crippen molar-refractivity contribution in [2.24, 2.45) is 0 Å². The maximum Gasteiger partial charge on any atom is 0.262 e. The number of ether oxygens (including phenoxy) is 1. The van der Waals surface area contributed by atoms with Crippen molar-refractivity contribution < 1.29 is 17.9 Å². The first-order valence-electron chi connectivity index (χ1n) is 10.0. The summed E-state index contributed by atoms with van der Waals surface area (Å²) in [5.41, 5.74) is 3.19. The number of sulfonamides is 1. The van der Waals surface area contributed by atoms with Gasteiger partial charge in [0.15, 0.2) is 0 Å². The fraction of sp³-hybridized carbons (Fsp3) is 0.208. The number of anilines is 1. The summed E-state index contributed by atoms with van der Waals surface area (Å²) in [4.78, 5) is 12.6. The molecule has 3 rings (SSSR count). The second-order valence-electron chi connectivity index (χ2n) is 7.52. The molecule has 0 saturated heterocycles. The first-order valence-corrected chi connectivity index (χ1v) is 11.9. The van der Waals surface area contributed by atoms with E-state index in [2.05, 4.69) is 10.0 Å². The van der Waals surface area contributed by atoms with Gasteiger partial charge >= 0.3 is 0 Å². The first-order chi connectivity index (χ1) is 15.1. The van der Waals surface area contributed by atoms with Gasteiger partial charge in [-0.3, -0.25) is 9.52 Å². The molecule has 3 aromatic carbocycles. The van der Waals surface area contributed by atoms with Gasteiger partial charge in [-0.2, -0.15) is 0 Å². The van der Waals surface area contributed by atoms with Crippen LogP contribution in [0.5, 0.6) is 5.75 Å². The van der Waals surface area contributed by atoms with Gasteiger partial charge < -0.3 is 10.1 Å². The standard InChI is InChI=1S/C24H25ClN2O4S/c1-16-12-17(2)14-21(13-16)27-32(29,30)23-15-19(5-4-18(23)3)24(28)26-10-11-31-22-8-6-20(25)7-9-22/h4-9,12-15,27H,10-11H2,1-3H3,(H,26,28). The highest BCUT2D eigenvalue weighted by molar-refractivity contribution is 7.92. The quantitative estimate of drug-likeness (QED) is 0.458. The summed E-state index contributed by atoms with van der Waals surface area (Å²) < 4.78 is 34.1. The normalized spacial score (nSPS) is 11.1. The van der Waals surface area contributed by atoms with Crippen LogP contribution in [0.3, 0.4) is 0 Å². The summed E-state index contributed by atoms with van der Waals surface area (Å²) in [6, 6.07) is 17.0. The molecular formula is C24H25ClN2O4S. The minimum absolute atomic E-state index is 0.0572. The van der Waals surface area contributed by atoms with Gasteiger partial charge in [-0.1, -0.05) is 23.7 Å². The van der Waals surface area contributed by atoms with Crippen LogP contribution in [0.15, 0.2) is 65.6 Å².